The topological polar surface area (TPSA) is 105 Å². The fourth-order valence-corrected chi connectivity index (χ4v) is 4.78. The van der Waals surface area contributed by atoms with Crippen LogP contribution < -0.4 is 0 Å². The molecule has 1 N–H and O–H groups in total. The van der Waals surface area contributed by atoms with E-state index in [4.69, 9.17) is 11.6 Å². The summed E-state index contributed by atoms with van der Waals surface area (Å²) in [5, 5.41) is 17.4. The number of aryl methyl sites for hydroxylation is 2. The Morgan fingerprint density at radius 2 is 2.04 bits per heavy atom. The average molecular weight is 371 g/mol. The molecule has 0 saturated carbocycles. The summed E-state index contributed by atoms with van der Waals surface area (Å²) in [4.78, 5) is 11.5. The number of sulfonamides is 1. The van der Waals surface area contributed by atoms with Gasteiger partial charge in [-0.1, -0.05) is 23.7 Å². The minimum absolute atomic E-state index is 0.0494. The maximum Gasteiger partial charge on any atom is 0.323 e. The minimum Gasteiger partial charge on any atom is -0.480 e. The van der Waals surface area contributed by atoms with Gasteiger partial charge in [-0.2, -0.15) is 4.31 Å². The lowest BCUT2D eigenvalue weighted by Gasteiger charge is -2.32. The van der Waals surface area contributed by atoms with Crippen LogP contribution in [0.4, 0.5) is 0 Å². The molecule has 128 valence electrons. The number of carboxylic acids is 1. The summed E-state index contributed by atoms with van der Waals surface area (Å²) in [5.41, 5.74) is 0.598. The lowest BCUT2D eigenvalue weighted by Crippen LogP contribution is -2.50. The molecule has 1 aliphatic heterocycles. The second kappa shape index (κ2) is 5.83. The fraction of sp³-hybridized carbons (Fsp3) is 0.357. The van der Waals surface area contributed by atoms with Crippen LogP contribution in [0.15, 0.2) is 23.1 Å². The Bertz CT molecular complexity index is 925. The third-order valence-corrected chi connectivity index (χ3v) is 6.55. The summed E-state index contributed by atoms with van der Waals surface area (Å²) in [6, 6.07) is 3.37. The van der Waals surface area contributed by atoms with E-state index in [0.29, 0.717) is 17.2 Å². The quantitative estimate of drug-likeness (QED) is 0.870. The van der Waals surface area contributed by atoms with Crippen LogP contribution >= 0.6 is 11.6 Å². The first-order valence-corrected chi connectivity index (χ1v) is 8.93. The van der Waals surface area contributed by atoms with Crippen molar-refractivity contribution < 1.29 is 18.3 Å². The zero-order valence-electron chi connectivity index (χ0n) is 13.0. The van der Waals surface area contributed by atoms with Gasteiger partial charge in [-0.05, 0) is 25.5 Å². The molecule has 0 amide bonds. The Balaban J connectivity index is 2.12. The van der Waals surface area contributed by atoms with E-state index in [2.05, 4.69) is 10.2 Å². The van der Waals surface area contributed by atoms with E-state index in [1.54, 1.807) is 30.5 Å². The molecule has 1 aliphatic rings. The van der Waals surface area contributed by atoms with Crippen molar-refractivity contribution >= 4 is 27.6 Å². The van der Waals surface area contributed by atoms with Crippen molar-refractivity contribution in [2.75, 3.05) is 0 Å². The number of aromatic nitrogens is 3. The maximum atomic E-state index is 13.0. The Labute approximate surface area is 143 Å². The number of halogens is 1. The number of hydrogen-bond donors (Lipinski definition) is 1. The maximum absolute atomic E-state index is 13.0. The zero-order valence-corrected chi connectivity index (χ0v) is 14.5. The summed E-state index contributed by atoms with van der Waals surface area (Å²) >= 11 is 6.14. The first-order valence-electron chi connectivity index (χ1n) is 7.12. The summed E-state index contributed by atoms with van der Waals surface area (Å²) in [5.74, 6) is -0.291. The molecule has 2 aromatic rings. The smallest absolute Gasteiger partial charge is 0.323 e. The molecule has 1 unspecified atom stereocenters. The van der Waals surface area contributed by atoms with Gasteiger partial charge in [-0.25, -0.2) is 8.42 Å². The van der Waals surface area contributed by atoms with Crippen LogP contribution in [0.3, 0.4) is 0 Å². The second-order valence-corrected chi connectivity index (χ2v) is 7.80. The summed E-state index contributed by atoms with van der Waals surface area (Å²) in [7, 11) is -4.10. The van der Waals surface area contributed by atoms with E-state index in [0.717, 1.165) is 4.31 Å². The van der Waals surface area contributed by atoms with Crippen molar-refractivity contribution in [1.82, 2.24) is 19.1 Å². The highest BCUT2D eigenvalue weighted by Gasteiger charge is 2.42. The number of carboxylic acid groups (broad SMARTS) is 1. The molecule has 0 radical (unpaired) electrons. The van der Waals surface area contributed by atoms with Gasteiger partial charge in [0.2, 0.25) is 10.0 Å². The number of carbonyl (C=O) groups is 1. The molecule has 0 bridgehead atoms. The van der Waals surface area contributed by atoms with Crippen LogP contribution in [0.25, 0.3) is 0 Å². The van der Waals surface area contributed by atoms with E-state index < -0.39 is 22.0 Å². The molecule has 1 aromatic carbocycles. The Kier molecular flexibility index (Phi) is 4.10. The molecule has 24 heavy (non-hydrogen) atoms. The van der Waals surface area contributed by atoms with Gasteiger partial charge in [0.05, 0.1) is 18.1 Å². The summed E-state index contributed by atoms with van der Waals surface area (Å²) < 4.78 is 28.6. The molecule has 0 fully saturated rings. The monoisotopic (exact) mass is 370 g/mol. The van der Waals surface area contributed by atoms with Crippen molar-refractivity contribution in [3.05, 3.63) is 40.4 Å². The SMILES string of the molecule is Cc1cccc(S(=O)(=O)N2Cc3nnc(C)n3CC2C(=O)O)c1Cl. The van der Waals surface area contributed by atoms with Gasteiger partial charge in [-0.3, -0.25) is 4.79 Å². The van der Waals surface area contributed by atoms with Crippen molar-refractivity contribution in [2.24, 2.45) is 0 Å². The Morgan fingerprint density at radius 1 is 1.33 bits per heavy atom. The van der Waals surface area contributed by atoms with Crippen molar-refractivity contribution in [1.29, 1.82) is 0 Å². The van der Waals surface area contributed by atoms with Gasteiger partial charge in [0.15, 0.2) is 0 Å². The highest BCUT2D eigenvalue weighted by atomic mass is 35.5. The molecule has 3 rings (SSSR count). The van der Waals surface area contributed by atoms with Gasteiger partial charge in [0.25, 0.3) is 0 Å². The van der Waals surface area contributed by atoms with Gasteiger partial charge in [0.1, 0.15) is 22.6 Å². The van der Waals surface area contributed by atoms with Crippen molar-refractivity contribution in [2.45, 2.75) is 37.9 Å². The average Bonchev–Trinajstić information content (AvgIpc) is 2.89. The molecule has 0 aliphatic carbocycles. The van der Waals surface area contributed by atoms with Crippen LogP contribution in [-0.4, -0.2) is 44.6 Å². The van der Waals surface area contributed by atoms with Gasteiger partial charge in [-0.15, -0.1) is 10.2 Å². The molecular weight excluding hydrogens is 356 g/mol. The predicted octanol–water partition coefficient (Wildman–Crippen LogP) is 1.21. The molecule has 8 nitrogen and oxygen atoms in total. The zero-order chi connectivity index (χ0) is 17.6. The molecule has 2 heterocycles. The molecule has 1 aromatic heterocycles. The third-order valence-electron chi connectivity index (χ3n) is 4.04. The van der Waals surface area contributed by atoms with Crippen LogP contribution in [0.1, 0.15) is 17.2 Å². The molecule has 10 heteroatoms. The highest BCUT2D eigenvalue weighted by molar-refractivity contribution is 7.89. The number of aliphatic carboxylic acids is 1. The number of rotatable bonds is 3. The van der Waals surface area contributed by atoms with Gasteiger partial charge < -0.3 is 9.67 Å². The number of fused-ring (bicyclic) bond motifs is 1. The predicted molar refractivity (Wildman–Crippen MR) is 85.1 cm³/mol. The molecular formula is C14H15ClN4O4S. The van der Waals surface area contributed by atoms with Gasteiger partial charge in [0, 0.05) is 0 Å². The Hall–Kier alpha value is -1.97. The molecule has 0 saturated heterocycles. The van der Waals surface area contributed by atoms with Crippen LogP contribution in [-0.2, 0) is 27.9 Å². The largest absolute Gasteiger partial charge is 0.480 e. The van der Waals surface area contributed by atoms with Crippen LogP contribution in [0.5, 0.6) is 0 Å². The van der Waals surface area contributed by atoms with Crippen molar-refractivity contribution in [3.63, 3.8) is 0 Å². The van der Waals surface area contributed by atoms with E-state index in [-0.39, 0.29) is 23.0 Å². The lowest BCUT2D eigenvalue weighted by molar-refractivity contribution is -0.142. The number of hydrogen-bond acceptors (Lipinski definition) is 5. The normalized spacial score (nSPS) is 18.4. The number of nitrogens with zero attached hydrogens (tertiary/aromatic N) is 4. The molecule has 1 atom stereocenters. The lowest BCUT2D eigenvalue weighted by atomic mass is 10.2. The van der Waals surface area contributed by atoms with Crippen LogP contribution in [0, 0.1) is 13.8 Å². The van der Waals surface area contributed by atoms with E-state index in [9.17, 15) is 18.3 Å². The second-order valence-electron chi connectivity index (χ2n) is 5.57. The van der Waals surface area contributed by atoms with E-state index in [1.165, 1.54) is 6.07 Å². The summed E-state index contributed by atoms with van der Waals surface area (Å²) in [6.45, 7) is 3.15. The molecule has 0 spiro atoms. The van der Waals surface area contributed by atoms with Gasteiger partial charge >= 0.3 is 5.97 Å². The van der Waals surface area contributed by atoms with E-state index >= 15 is 0 Å². The summed E-state index contributed by atoms with van der Waals surface area (Å²) in [6.07, 6.45) is 0. The van der Waals surface area contributed by atoms with E-state index in [1.807, 2.05) is 0 Å². The highest BCUT2D eigenvalue weighted by Crippen LogP contribution is 2.31. The standard InChI is InChI=1S/C14H15ClN4O4S/c1-8-4-3-5-11(13(8)15)24(22,23)19-7-12-17-16-9(2)18(12)6-10(19)14(20)21/h3-5,10H,6-7H2,1-2H3,(H,20,21). The number of benzene rings is 1. The van der Waals surface area contributed by atoms with Crippen LogP contribution in [0.2, 0.25) is 5.02 Å². The first-order chi connectivity index (χ1) is 11.2. The third kappa shape index (κ3) is 2.58. The Morgan fingerprint density at radius 3 is 2.71 bits per heavy atom. The first kappa shape index (κ1) is 16.9. The van der Waals surface area contributed by atoms with Crippen molar-refractivity contribution in [3.8, 4) is 0 Å². The fourth-order valence-electron chi connectivity index (χ4n) is 2.69. The minimum atomic E-state index is -4.10.